The molecule has 0 saturated carbocycles. The summed E-state index contributed by atoms with van der Waals surface area (Å²) in [5, 5.41) is 0.130. The summed E-state index contributed by atoms with van der Waals surface area (Å²) in [7, 11) is 2.40. The van der Waals surface area contributed by atoms with Crippen molar-refractivity contribution in [1.29, 1.82) is 0 Å². The summed E-state index contributed by atoms with van der Waals surface area (Å²) in [4.78, 5) is 13.3. The smallest absolute Gasteiger partial charge is 0.431 e. The van der Waals surface area contributed by atoms with Crippen LogP contribution in [0.5, 0.6) is 11.5 Å². The molecule has 0 aliphatic rings. The molecule has 0 atom stereocenters. The van der Waals surface area contributed by atoms with Crippen LogP contribution >= 0.6 is 0 Å². The average Bonchev–Trinajstić information content (AvgIpc) is 2.77. The van der Waals surface area contributed by atoms with Crippen molar-refractivity contribution in [2.75, 3.05) is 21.3 Å². The molecule has 0 unspecified atom stereocenters. The monoisotopic (exact) mass is 491 g/mol. The van der Waals surface area contributed by atoms with E-state index in [9.17, 15) is 31.1 Å². The van der Waals surface area contributed by atoms with E-state index in [-0.39, 0.29) is 34.0 Å². The number of unbranched alkanes of at least 4 members (excludes halogenated alkanes) is 1. The fourth-order valence-corrected chi connectivity index (χ4v) is 4.25. The standard InChI is InChI=1S/C23H23F6NO4/c1-5-6-11-30-18-16(32-2)12-15(21(34-4,22(24,25)26)23(27,28)29)19(33-3)17(18)13-9-7-8-10-14(13)20(30)31/h7-10,12H,5-6,11H2,1-4H3. The third-order valence-electron chi connectivity index (χ3n) is 5.80. The van der Waals surface area contributed by atoms with Gasteiger partial charge < -0.3 is 18.8 Å². The summed E-state index contributed by atoms with van der Waals surface area (Å²) in [5.41, 5.74) is -6.45. The molecule has 0 aliphatic heterocycles. The zero-order valence-corrected chi connectivity index (χ0v) is 18.9. The molecule has 0 radical (unpaired) electrons. The maximum absolute atomic E-state index is 14.1. The number of pyridine rings is 1. The molecule has 5 nitrogen and oxygen atoms in total. The van der Waals surface area contributed by atoms with E-state index in [0.29, 0.717) is 26.0 Å². The normalized spacial score (nSPS) is 13.0. The molecule has 1 aromatic heterocycles. The van der Waals surface area contributed by atoms with E-state index < -0.39 is 34.8 Å². The number of methoxy groups -OCH3 is 3. The van der Waals surface area contributed by atoms with E-state index in [0.717, 1.165) is 14.2 Å². The van der Waals surface area contributed by atoms with Gasteiger partial charge in [-0.1, -0.05) is 31.5 Å². The summed E-state index contributed by atoms with van der Waals surface area (Å²) in [6.07, 6.45) is -10.6. The Hall–Kier alpha value is -2.95. The van der Waals surface area contributed by atoms with E-state index in [1.165, 1.54) is 22.8 Å². The van der Waals surface area contributed by atoms with Crippen molar-refractivity contribution in [2.45, 2.75) is 44.3 Å². The van der Waals surface area contributed by atoms with Gasteiger partial charge >= 0.3 is 12.4 Å². The average molecular weight is 491 g/mol. The minimum Gasteiger partial charge on any atom is -0.496 e. The fourth-order valence-electron chi connectivity index (χ4n) is 4.25. The molecule has 0 amide bonds. The number of benzene rings is 2. The van der Waals surface area contributed by atoms with E-state index in [2.05, 4.69) is 4.74 Å². The third kappa shape index (κ3) is 3.66. The lowest BCUT2D eigenvalue weighted by molar-refractivity contribution is -0.383. The Morgan fingerprint density at radius 2 is 1.50 bits per heavy atom. The molecule has 3 aromatic rings. The number of halogens is 6. The van der Waals surface area contributed by atoms with Crippen LogP contribution in [0.15, 0.2) is 35.1 Å². The van der Waals surface area contributed by atoms with E-state index in [4.69, 9.17) is 9.47 Å². The zero-order chi connectivity index (χ0) is 25.5. The van der Waals surface area contributed by atoms with Gasteiger partial charge in [-0.25, -0.2) is 0 Å². The second-order valence-electron chi connectivity index (χ2n) is 7.62. The predicted octanol–water partition coefficient (Wildman–Crippen LogP) is 5.94. The number of rotatable bonds is 7. The molecule has 0 saturated heterocycles. The van der Waals surface area contributed by atoms with Crippen molar-refractivity contribution >= 4 is 21.7 Å². The number of nitrogens with zero attached hydrogens (tertiary/aromatic N) is 1. The van der Waals surface area contributed by atoms with Crippen molar-refractivity contribution in [2.24, 2.45) is 0 Å². The van der Waals surface area contributed by atoms with Crippen molar-refractivity contribution in [3.63, 3.8) is 0 Å². The number of alkyl halides is 6. The number of aromatic nitrogens is 1. The molecule has 2 aromatic carbocycles. The van der Waals surface area contributed by atoms with Crippen LogP contribution in [-0.4, -0.2) is 38.2 Å². The van der Waals surface area contributed by atoms with Crippen LogP contribution in [0.2, 0.25) is 0 Å². The van der Waals surface area contributed by atoms with Gasteiger partial charge in [-0.2, -0.15) is 26.3 Å². The van der Waals surface area contributed by atoms with Gasteiger partial charge in [0.15, 0.2) is 0 Å². The number of ether oxygens (including phenoxy) is 3. The largest absolute Gasteiger partial charge is 0.496 e. The number of hydrogen-bond donors (Lipinski definition) is 0. The Morgan fingerprint density at radius 3 is 1.97 bits per heavy atom. The van der Waals surface area contributed by atoms with Crippen LogP contribution in [0.4, 0.5) is 26.3 Å². The van der Waals surface area contributed by atoms with Crippen LogP contribution in [0.1, 0.15) is 25.3 Å². The lowest BCUT2D eigenvalue weighted by atomic mass is 9.88. The highest BCUT2D eigenvalue weighted by atomic mass is 19.4. The van der Waals surface area contributed by atoms with Gasteiger partial charge in [0.25, 0.3) is 11.2 Å². The molecule has 0 bridgehead atoms. The lowest BCUT2D eigenvalue weighted by Crippen LogP contribution is -2.55. The topological polar surface area (TPSA) is 49.7 Å². The molecule has 0 N–H and O–H groups in total. The minimum atomic E-state index is -5.90. The van der Waals surface area contributed by atoms with Crippen molar-refractivity contribution in [1.82, 2.24) is 4.57 Å². The van der Waals surface area contributed by atoms with Gasteiger partial charge in [0.2, 0.25) is 0 Å². The molecule has 0 spiro atoms. The Morgan fingerprint density at radius 1 is 0.912 bits per heavy atom. The van der Waals surface area contributed by atoms with E-state index in [1.54, 1.807) is 6.07 Å². The van der Waals surface area contributed by atoms with Crippen LogP contribution in [-0.2, 0) is 16.9 Å². The zero-order valence-electron chi connectivity index (χ0n) is 18.9. The molecular formula is C23H23F6NO4. The predicted molar refractivity (Wildman–Crippen MR) is 115 cm³/mol. The highest BCUT2D eigenvalue weighted by Gasteiger charge is 2.74. The first kappa shape index (κ1) is 25.7. The molecule has 0 aliphatic carbocycles. The van der Waals surface area contributed by atoms with E-state index in [1.807, 2.05) is 6.92 Å². The number of fused-ring (bicyclic) bond motifs is 3. The first-order valence-electron chi connectivity index (χ1n) is 10.3. The summed E-state index contributed by atoms with van der Waals surface area (Å²) in [6, 6.07) is 6.55. The van der Waals surface area contributed by atoms with Gasteiger partial charge in [0.1, 0.15) is 11.5 Å². The van der Waals surface area contributed by atoms with Gasteiger partial charge in [0, 0.05) is 30.0 Å². The molecule has 34 heavy (non-hydrogen) atoms. The van der Waals surface area contributed by atoms with Crippen LogP contribution < -0.4 is 15.0 Å². The first-order valence-corrected chi connectivity index (χ1v) is 10.3. The second kappa shape index (κ2) is 9.01. The third-order valence-corrected chi connectivity index (χ3v) is 5.80. The van der Waals surface area contributed by atoms with Crippen LogP contribution in [0, 0.1) is 0 Å². The molecule has 1 heterocycles. The molecule has 11 heteroatoms. The Balaban J connectivity index is 2.71. The second-order valence-corrected chi connectivity index (χ2v) is 7.62. The minimum absolute atomic E-state index is 0.0367. The Kier molecular flexibility index (Phi) is 6.80. The maximum atomic E-state index is 14.1. The van der Waals surface area contributed by atoms with Crippen molar-refractivity contribution < 1.29 is 40.6 Å². The number of aryl methyl sites for hydroxylation is 1. The summed E-state index contributed by atoms with van der Waals surface area (Å²) < 4.78 is 101. The quantitative estimate of drug-likeness (QED) is 0.303. The van der Waals surface area contributed by atoms with Crippen molar-refractivity contribution in [3.8, 4) is 11.5 Å². The van der Waals surface area contributed by atoms with Gasteiger partial charge in [-0.3, -0.25) is 4.79 Å². The SMILES string of the molecule is CCCCn1c(=O)c2ccccc2c2c(OC)c(C(OC)(C(F)(F)F)C(F)(F)F)cc(OC)c21. The number of hydrogen-bond acceptors (Lipinski definition) is 4. The highest BCUT2D eigenvalue weighted by molar-refractivity contribution is 6.11. The van der Waals surface area contributed by atoms with E-state index >= 15 is 0 Å². The summed E-state index contributed by atoms with van der Waals surface area (Å²) in [6.45, 7) is 2.05. The van der Waals surface area contributed by atoms with Gasteiger partial charge in [-0.15, -0.1) is 0 Å². The van der Waals surface area contributed by atoms with Crippen LogP contribution in [0.25, 0.3) is 21.7 Å². The first-order chi connectivity index (χ1) is 15.9. The lowest BCUT2D eigenvalue weighted by Gasteiger charge is -2.37. The Labute approximate surface area is 190 Å². The molecule has 186 valence electrons. The fraction of sp³-hybridized carbons (Fsp3) is 0.435. The molecule has 0 fully saturated rings. The maximum Gasteiger partial charge on any atom is 0.431 e. The highest BCUT2D eigenvalue weighted by Crippen LogP contribution is 2.57. The van der Waals surface area contributed by atoms with Crippen molar-refractivity contribution in [3.05, 3.63) is 46.2 Å². The summed E-state index contributed by atoms with van der Waals surface area (Å²) >= 11 is 0. The van der Waals surface area contributed by atoms with Gasteiger partial charge in [-0.05, 0) is 18.6 Å². The summed E-state index contributed by atoms with van der Waals surface area (Å²) in [5.74, 6) is -1.06. The molecular weight excluding hydrogens is 468 g/mol. The van der Waals surface area contributed by atoms with Gasteiger partial charge in [0.05, 0.1) is 25.1 Å². The van der Waals surface area contributed by atoms with Crippen LogP contribution in [0.3, 0.4) is 0 Å². The molecule has 3 rings (SSSR count). The Bertz CT molecular complexity index is 1250.